The summed E-state index contributed by atoms with van der Waals surface area (Å²) in [6.07, 6.45) is 2.00. The van der Waals surface area contributed by atoms with Crippen LogP contribution in [0.5, 0.6) is 11.5 Å². The van der Waals surface area contributed by atoms with Crippen molar-refractivity contribution < 1.29 is 18.4 Å². The fourth-order valence-electron chi connectivity index (χ4n) is 2.54. The van der Waals surface area contributed by atoms with Crippen LogP contribution in [-0.4, -0.2) is 14.2 Å². The van der Waals surface area contributed by atoms with Crippen LogP contribution in [0.4, 0.5) is 4.39 Å². The highest BCUT2D eigenvalue weighted by molar-refractivity contribution is 6.05. The van der Waals surface area contributed by atoms with Crippen molar-refractivity contribution >= 4 is 21.7 Å². The van der Waals surface area contributed by atoms with Crippen LogP contribution in [0.1, 0.15) is 0 Å². The number of pyridine rings is 1. The summed E-state index contributed by atoms with van der Waals surface area (Å²) in [7, 11) is 5.14. The van der Waals surface area contributed by atoms with E-state index in [1.54, 1.807) is 26.4 Å². The number of hydrogen-bond donors (Lipinski definition) is 0. The third kappa shape index (κ3) is 1.84. The summed E-state index contributed by atoms with van der Waals surface area (Å²) < 4.78 is 26.2. The van der Waals surface area contributed by atoms with Gasteiger partial charge in [-0.25, -0.2) is 8.96 Å². The molecule has 2 aromatic carbocycles. The van der Waals surface area contributed by atoms with Gasteiger partial charge in [0, 0.05) is 11.5 Å². The lowest BCUT2D eigenvalue weighted by molar-refractivity contribution is -0.643. The predicted molar refractivity (Wildman–Crippen MR) is 75.7 cm³/mol. The van der Waals surface area contributed by atoms with Crippen LogP contribution in [0.2, 0.25) is 0 Å². The first-order valence-corrected chi connectivity index (χ1v) is 6.27. The molecule has 0 aliphatic carbocycles. The Hall–Kier alpha value is -2.36. The number of nitrogens with zero attached hydrogens (tertiary/aromatic N) is 1. The van der Waals surface area contributed by atoms with E-state index >= 15 is 0 Å². The molecule has 0 aliphatic rings. The Labute approximate surface area is 116 Å². The largest absolute Gasteiger partial charge is 0.493 e. The first kappa shape index (κ1) is 12.7. The smallest absolute Gasteiger partial charge is 0.213 e. The van der Waals surface area contributed by atoms with E-state index in [0.29, 0.717) is 11.5 Å². The Morgan fingerprint density at radius 2 is 1.65 bits per heavy atom. The van der Waals surface area contributed by atoms with Gasteiger partial charge in [0.1, 0.15) is 12.9 Å². The summed E-state index contributed by atoms with van der Waals surface area (Å²) in [4.78, 5) is 0. The van der Waals surface area contributed by atoms with Crippen LogP contribution in [-0.2, 0) is 7.05 Å². The van der Waals surface area contributed by atoms with Gasteiger partial charge in [0.2, 0.25) is 5.52 Å². The molecule has 3 aromatic rings. The highest BCUT2D eigenvalue weighted by Crippen LogP contribution is 2.34. The van der Waals surface area contributed by atoms with E-state index in [9.17, 15) is 4.39 Å². The Morgan fingerprint density at radius 3 is 2.35 bits per heavy atom. The standard InChI is InChI=1S/C16H15FNO2/c1-18-9-10-6-15(19-2)16(20-3)8-12(10)13-7-11(17)4-5-14(13)18/h4-9H,1-3H3/q+1. The topological polar surface area (TPSA) is 22.3 Å². The number of rotatable bonds is 2. The molecule has 3 nitrogen and oxygen atoms in total. The number of fused-ring (bicyclic) bond motifs is 3. The first-order chi connectivity index (χ1) is 9.63. The maximum atomic E-state index is 13.6. The summed E-state index contributed by atoms with van der Waals surface area (Å²) in [6, 6.07) is 8.58. The molecule has 0 saturated heterocycles. The van der Waals surface area contributed by atoms with Crippen LogP contribution >= 0.6 is 0 Å². The lowest BCUT2D eigenvalue weighted by Crippen LogP contribution is -2.28. The molecule has 0 unspecified atom stereocenters. The SMILES string of the molecule is COc1cc2c[n+](C)c3ccc(F)cc3c2cc1OC. The minimum atomic E-state index is -0.250. The van der Waals surface area contributed by atoms with Crippen molar-refractivity contribution in [1.82, 2.24) is 0 Å². The van der Waals surface area contributed by atoms with Crippen molar-refractivity contribution in [3.63, 3.8) is 0 Å². The second-order valence-corrected chi connectivity index (χ2v) is 4.70. The molecule has 0 saturated carbocycles. The van der Waals surface area contributed by atoms with Crippen LogP contribution in [0.25, 0.3) is 21.7 Å². The van der Waals surface area contributed by atoms with E-state index in [4.69, 9.17) is 9.47 Å². The minimum Gasteiger partial charge on any atom is -0.493 e. The molecule has 0 atom stereocenters. The lowest BCUT2D eigenvalue weighted by atomic mass is 10.1. The molecule has 0 fully saturated rings. The number of hydrogen-bond acceptors (Lipinski definition) is 2. The van der Waals surface area contributed by atoms with E-state index in [0.717, 1.165) is 21.7 Å². The average molecular weight is 272 g/mol. The Balaban J connectivity index is 2.48. The van der Waals surface area contributed by atoms with Crippen LogP contribution < -0.4 is 14.0 Å². The summed E-state index contributed by atoms with van der Waals surface area (Å²) in [5.74, 6) is 1.05. The summed E-state index contributed by atoms with van der Waals surface area (Å²) in [5, 5.41) is 2.77. The first-order valence-electron chi connectivity index (χ1n) is 6.27. The van der Waals surface area contributed by atoms with Gasteiger partial charge < -0.3 is 9.47 Å². The van der Waals surface area contributed by atoms with Crippen LogP contribution in [0.15, 0.2) is 36.5 Å². The molecule has 102 valence electrons. The Morgan fingerprint density at radius 1 is 0.950 bits per heavy atom. The van der Waals surface area contributed by atoms with Crippen molar-refractivity contribution in [1.29, 1.82) is 0 Å². The zero-order valence-corrected chi connectivity index (χ0v) is 11.6. The van der Waals surface area contributed by atoms with Crippen molar-refractivity contribution in [3.05, 3.63) is 42.3 Å². The molecule has 3 rings (SSSR count). The molecule has 1 heterocycles. The molecule has 0 bridgehead atoms. The van der Waals surface area contributed by atoms with Gasteiger partial charge in [-0.3, -0.25) is 0 Å². The van der Waals surface area contributed by atoms with E-state index in [1.807, 2.05) is 29.9 Å². The van der Waals surface area contributed by atoms with Gasteiger partial charge in [-0.15, -0.1) is 0 Å². The van der Waals surface area contributed by atoms with Crippen molar-refractivity contribution in [3.8, 4) is 11.5 Å². The third-order valence-electron chi connectivity index (χ3n) is 3.52. The molecular weight excluding hydrogens is 257 g/mol. The zero-order valence-electron chi connectivity index (χ0n) is 11.6. The second-order valence-electron chi connectivity index (χ2n) is 4.70. The maximum absolute atomic E-state index is 13.6. The highest BCUT2D eigenvalue weighted by atomic mass is 19.1. The van der Waals surface area contributed by atoms with Gasteiger partial charge in [0.25, 0.3) is 0 Å². The van der Waals surface area contributed by atoms with Gasteiger partial charge >= 0.3 is 0 Å². The molecule has 0 amide bonds. The second kappa shape index (κ2) is 4.63. The van der Waals surface area contributed by atoms with Crippen molar-refractivity contribution in [2.24, 2.45) is 7.05 Å². The molecule has 0 N–H and O–H groups in total. The molecule has 0 radical (unpaired) electrons. The minimum absolute atomic E-state index is 0.250. The van der Waals surface area contributed by atoms with E-state index in [-0.39, 0.29) is 5.82 Å². The number of aryl methyl sites for hydroxylation is 1. The van der Waals surface area contributed by atoms with E-state index in [1.165, 1.54) is 6.07 Å². The highest BCUT2D eigenvalue weighted by Gasteiger charge is 2.14. The van der Waals surface area contributed by atoms with Crippen LogP contribution in [0, 0.1) is 5.82 Å². The lowest BCUT2D eigenvalue weighted by Gasteiger charge is -2.10. The fraction of sp³-hybridized carbons (Fsp3) is 0.188. The summed E-state index contributed by atoms with van der Waals surface area (Å²) >= 11 is 0. The monoisotopic (exact) mass is 272 g/mol. The summed E-state index contributed by atoms with van der Waals surface area (Å²) in [6.45, 7) is 0. The predicted octanol–water partition coefficient (Wildman–Crippen LogP) is 2.97. The number of halogens is 1. The molecule has 1 aromatic heterocycles. The molecule has 0 aliphatic heterocycles. The number of aromatic nitrogens is 1. The number of ether oxygens (including phenoxy) is 2. The van der Waals surface area contributed by atoms with Gasteiger partial charge in [-0.05, 0) is 24.3 Å². The molecular formula is C16H15FNO2+. The van der Waals surface area contributed by atoms with Gasteiger partial charge in [-0.1, -0.05) is 0 Å². The zero-order chi connectivity index (χ0) is 14.3. The van der Waals surface area contributed by atoms with Gasteiger partial charge in [0.15, 0.2) is 17.7 Å². The summed E-state index contributed by atoms with van der Waals surface area (Å²) in [5.41, 5.74) is 0.964. The van der Waals surface area contributed by atoms with Crippen molar-refractivity contribution in [2.45, 2.75) is 0 Å². The normalized spacial score (nSPS) is 11.0. The quantitative estimate of drug-likeness (QED) is 0.528. The van der Waals surface area contributed by atoms with Crippen molar-refractivity contribution in [2.75, 3.05) is 14.2 Å². The molecule has 4 heteroatoms. The number of benzene rings is 2. The van der Waals surface area contributed by atoms with Gasteiger partial charge in [-0.2, -0.15) is 0 Å². The third-order valence-corrected chi connectivity index (χ3v) is 3.52. The van der Waals surface area contributed by atoms with E-state index in [2.05, 4.69) is 0 Å². The van der Waals surface area contributed by atoms with E-state index < -0.39 is 0 Å². The number of methoxy groups -OCH3 is 2. The Kier molecular flexibility index (Phi) is 2.93. The fourth-order valence-corrected chi connectivity index (χ4v) is 2.54. The molecule has 0 spiro atoms. The molecule has 20 heavy (non-hydrogen) atoms. The Bertz CT molecular complexity index is 815. The maximum Gasteiger partial charge on any atom is 0.213 e. The van der Waals surface area contributed by atoms with Gasteiger partial charge in [0.05, 0.1) is 25.0 Å². The average Bonchev–Trinajstić information content (AvgIpc) is 2.46. The van der Waals surface area contributed by atoms with Crippen LogP contribution in [0.3, 0.4) is 0 Å².